The number of hydrogen-bond acceptors (Lipinski definition) is 4. The zero-order valence-electron chi connectivity index (χ0n) is 11.6. The Hall–Kier alpha value is -0.910. The van der Waals surface area contributed by atoms with Crippen LogP contribution in [0.2, 0.25) is 0 Å². The summed E-state index contributed by atoms with van der Waals surface area (Å²) < 4.78 is 5.16. The van der Waals surface area contributed by atoms with E-state index in [-0.39, 0.29) is 24.4 Å². The highest BCUT2D eigenvalue weighted by Gasteiger charge is 2.15. The van der Waals surface area contributed by atoms with Crippen molar-refractivity contribution in [3.63, 3.8) is 0 Å². The number of carbonyl (C=O) groups excluding carboxylic acids is 1. The van der Waals surface area contributed by atoms with Gasteiger partial charge in [0.1, 0.15) is 5.75 Å². The third-order valence-electron chi connectivity index (χ3n) is 3.07. The molecule has 1 atom stereocenters. The van der Waals surface area contributed by atoms with Crippen LogP contribution in [0, 0.1) is 0 Å². The summed E-state index contributed by atoms with van der Waals surface area (Å²) in [5.74, 6) is 1.37. The van der Waals surface area contributed by atoms with Gasteiger partial charge in [-0.2, -0.15) is 0 Å². The Kier molecular flexibility index (Phi) is 7.80. The van der Waals surface area contributed by atoms with Crippen LogP contribution in [0.15, 0.2) is 29.2 Å². The SMILES string of the molecule is COc1cccc(SCC(=O)NC2CCCNC2)c1.Cl. The van der Waals surface area contributed by atoms with Gasteiger partial charge in [-0.3, -0.25) is 4.79 Å². The highest BCUT2D eigenvalue weighted by molar-refractivity contribution is 8.00. The molecule has 2 N–H and O–H groups in total. The number of amides is 1. The molecule has 1 amide bonds. The number of rotatable bonds is 5. The van der Waals surface area contributed by atoms with Gasteiger partial charge in [0, 0.05) is 17.5 Å². The second kappa shape index (κ2) is 9.10. The molecule has 2 rings (SSSR count). The van der Waals surface area contributed by atoms with E-state index in [2.05, 4.69) is 10.6 Å². The molecule has 6 heteroatoms. The van der Waals surface area contributed by atoms with Crippen LogP contribution in [-0.2, 0) is 4.79 Å². The van der Waals surface area contributed by atoms with Gasteiger partial charge < -0.3 is 15.4 Å². The van der Waals surface area contributed by atoms with Crippen molar-refractivity contribution in [2.75, 3.05) is 26.0 Å². The quantitative estimate of drug-likeness (QED) is 0.817. The fourth-order valence-electron chi connectivity index (χ4n) is 2.08. The van der Waals surface area contributed by atoms with Gasteiger partial charge in [-0.1, -0.05) is 6.07 Å². The normalized spacial score (nSPS) is 17.9. The molecule has 4 nitrogen and oxygen atoms in total. The molecule has 1 unspecified atom stereocenters. The molecule has 1 saturated heterocycles. The zero-order chi connectivity index (χ0) is 13.5. The lowest BCUT2D eigenvalue weighted by Crippen LogP contribution is -2.46. The number of carbonyl (C=O) groups is 1. The van der Waals surface area contributed by atoms with Gasteiger partial charge in [-0.25, -0.2) is 0 Å². The van der Waals surface area contributed by atoms with Crippen molar-refractivity contribution in [2.45, 2.75) is 23.8 Å². The second-order valence-electron chi connectivity index (χ2n) is 4.58. The number of thioether (sulfide) groups is 1. The average Bonchev–Trinajstić information content (AvgIpc) is 2.46. The van der Waals surface area contributed by atoms with Crippen molar-refractivity contribution in [3.8, 4) is 5.75 Å². The summed E-state index contributed by atoms with van der Waals surface area (Å²) in [7, 11) is 1.65. The Morgan fingerprint density at radius 3 is 3.10 bits per heavy atom. The molecular formula is C14H21ClN2O2S. The first-order chi connectivity index (χ1) is 9.28. The van der Waals surface area contributed by atoms with Gasteiger partial charge in [-0.15, -0.1) is 24.2 Å². The van der Waals surface area contributed by atoms with Gasteiger partial charge >= 0.3 is 0 Å². The number of hydrogen-bond donors (Lipinski definition) is 2. The third kappa shape index (κ3) is 5.61. The minimum atomic E-state index is 0. The van der Waals surface area contributed by atoms with E-state index in [9.17, 15) is 4.79 Å². The summed E-state index contributed by atoms with van der Waals surface area (Å²) in [5, 5.41) is 6.36. The smallest absolute Gasteiger partial charge is 0.230 e. The van der Waals surface area contributed by atoms with E-state index in [1.165, 1.54) is 11.8 Å². The molecule has 0 saturated carbocycles. The van der Waals surface area contributed by atoms with E-state index >= 15 is 0 Å². The summed E-state index contributed by atoms with van der Waals surface area (Å²) in [6, 6.07) is 8.05. The molecule has 1 heterocycles. The first-order valence-corrected chi connectivity index (χ1v) is 7.53. The summed E-state index contributed by atoms with van der Waals surface area (Å²) >= 11 is 1.53. The van der Waals surface area contributed by atoms with E-state index in [1.807, 2.05) is 24.3 Å². The lowest BCUT2D eigenvalue weighted by Gasteiger charge is -2.23. The van der Waals surface area contributed by atoms with Crippen LogP contribution in [0.4, 0.5) is 0 Å². The molecule has 1 aliphatic rings. The van der Waals surface area contributed by atoms with Gasteiger partial charge in [0.15, 0.2) is 0 Å². The van der Waals surface area contributed by atoms with Crippen molar-refractivity contribution in [1.82, 2.24) is 10.6 Å². The first-order valence-electron chi connectivity index (χ1n) is 6.55. The molecule has 0 radical (unpaired) electrons. The molecule has 20 heavy (non-hydrogen) atoms. The molecule has 0 spiro atoms. The highest BCUT2D eigenvalue weighted by atomic mass is 35.5. The Morgan fingerprint density at radius 2 is 2.40 bits per heavy atom. The number of nitrogens with one attached hydrogen (secondary N) is 2. The third-order valence-corrected chi connectivity index (χ3v) is 4.07. The molecular weight excluding hydrogens is 296 g/mol. The minimum absolute atomic E-state index is 0. The lowest BCUT2D eigenvalue weighted by molar-refractivity contribution is -0.119. The van der Waals surface area contributed by atoms with Gasteiger partial charge in [-0.05, 0) is 37.6 Å². The zero-order valence-corrected chi connectivity index (χ0v) is 13.2. The second-order valence-corrected chi connectivity index (χ2v) is 5.63. The molecule has 0 bridgehead atoms. The average molecular weight is 317 g/mol. The summed E-state index contributed by atoms with van der Waals surface area (Å²) in [5.41, 5.74) is 0. The van der Waals surface area contributed by atoms with Crippen LogP contribution in [0.5, 0.6) is 5.75 Å². The minimum Gasteiger partial charge on any atom is -0.497 e. The molecule has 1 aliphatic heterocycles. The van der Waals surface area contributed by atoms with Crippen molar-refractivity contribution in [2.24, 2.45) is 0 Å². The molecule has 112 valence electrons. The Morgan fingerprint density at radius 1 is 1.55 bits per heavy atom. The monoisotopic (exact) mass is 316 g/mol. The van der Waals surface area contributed by atoms with Crippen molar-refractivity contribution < 1.29 is 9.53 Å². The van der Waals surface area contributed by atoms with Crippen LogP contribution in [0.1, 0.15) is 12.8 Å². The Bertz CT molecular complexity index is 425. The number of methoxy groups -OCH3 is 1. The van der Waals surface area contributed by atoms with Crippen molar-refractivity contribution >= 4 is 30.1 Å². The number of halogens is 1. The van der Waals surface area contributed by atoms with E-state index < -0.39 is 0 Å². The summed E-state index contributed by atoms with van der Waals surface area (Å²) in [4.78, 5) is 12.9. The molecule has 1 fully saturated rings. The van der Waals surface area contributed by atoms with E-state index in [1.54, 1.807) is 7.11 Å². The summed E-state index contributed by atoms with van der Waals surface area (Å²) in [6.07, 6.45) is 2.20. The fraction of sp³-hybridized carbons (Fsp3) is 0.500. The van der Waals surface area contributed by atoms with Crippen LogP contribution >= 0.6 is 24.2 Å². The van der Waals surface area contributed by atoms with Crippen molar-refractivity contribution in [1.29, 1.82) is 0 Å². The van der Waals surface area contributed by atoms with Crippen LogP contribution in [-0.4, -0.2) is 37.9 Å². The molecule has 0 aromatic heterocycles. The lowest BCUT2D eigenvalue weighted by atomic mass is 10.1. The van der Waals surface area contributed by atoms with Crippen LogP contribution < -0.4 is 15.4 Å². The van der Waals surface area contributed by atoms with Gasteiger partial charge in [0.05, 0.1) is 12.9 Å². The largest absolute Gasteiger partial charge is 0.497 e. The van der Waals surface area contributed by atoms with Crippen LogP contribution in [0.25, 0.3) is 0 Å². The van der Waals surface area contributed by atoms with Crippen molar-refractivity contribution in [3.05, 3.63) is 24.3 Å². The van der Waals surface area contributed by atoms with Gasteiger partial charge in [0.25, 0.3) is 0 Å². The van der Waals surface area contributed by atoms with Gasteiger partial charge in [0.2, 0.25) is 5.91 Å². The molecule has 1 aromatic rings. The maximum atomic E-state index is 11.8. The molecule has 0 aliphatic carbocycles. The number of piperidine rings is 1. The Labute approximate surface area is 130 Å². The summed E-state index contributed by atoms with van der Waals surface area (Å²) in [6.45, 7) is 1.94. The topological polar surface area (TPSA) is 50.4 Å². The maximum Gasteiger partial charge on any atom is 0.230 e. The fourth-order valence-corrected chi connectivity index (χ4v) is 2.84. The highest BCUT2D eigenvalue weighted by Crippen LogP contribution is 2.22. The molecule has 1 aromatic carbocycles. The number of ether oxygens (including phenoxy) is 1. The predicted molar refractivity (Wildman–Crippen MR) is 85.0 cm³/mol. The Balaban J connectivity index is 0.00000200. The van der Waals surface area contributed by atoms with E-state index in [4.69, 9.17) is 4.74 Å². The maximum absolute atomic E-state index is 11.8. The van der Waals surface area contributed by atoms with E-state index in [0.29, 0.717) is 5.75 Å². The first kappa shape index (κ1) is 17.1. The predicted octanol–water partition coefficient (Wildman–Crippen LogP) is 2.08. The number of benzene rings is 1. The standard InChI is InChI=1S/C14H20N2O2S.ClH/c1-18-12-5-2-6-13(8-12)19-10-14(17)16-11-4-3-7-15-9-11;/h2,5-6,8,11,15H,3-4,7,9-10H2,1H3,(H,16,17);1H. The van der Waals surface area contributed by atoms with E-state index in [0.717, 1.165) is 36.6 Å². The van der Waals surface area contributed by atoms with Crippen LogP contribution in [0.3, 0.4) is 0 Å².